The van der Waals surface area contributed by atoms with Gasteiger partial charge in [0.05, 0.1) is 4.47 Å². The second-order valence-electron chi connectivity index (χ2n) is 4.06. The summed E-state index contributed by atoms with van der Waals surface area (Å²) in [6, 6.07) is 3.44. The average molecular weight is 333 g/mol. The molecule has 1 atom stereocenters. The summed E-state index contributed by atoms with van der Waals surface area (Å²) >= 11 is 3.01. The first-order chi connectivity index (χ1) is 8.88. The number of benzene rings is 1. The van der Waals surface area contributed by atoms with Crippen molar-refractivity contribution < 1.29 is 19.1 Å². The van der Waals surface area contributed by atoms with Crippen molar-refractivity contribution in [3.63, 3.8) is 0 Å². The van der Waals surface area contributed by atoms with Crippen LogP contribution in [0.5, 0.6) is 0 Å². The summed E-state index contributed by atoms with van der Waals surface area (Å²) in [4.78, 5) is 21.9. The number of hydrogen-bond donors (Lipinski definition) is 3. The number of carboxylic acid groups (broad SMARTS) is 1. The molecule has 0 aliphatic carbocycles. The van der Waals surface area contributed by atoms with E-state index in [4.69, 9.17) is 5.11 Å². The average Bonchev–Trinajstić information content (AvgIpc) is 2.31. The molecule has 2 amide bonds. The van der Waals surface area contributed by atoms with Gasteiger partial charge in [0.2, 0.25) is 0 Å². The normalized spacial score (nSPS) is 11.7. The van der Waals surface area contributed by atoms with E-state index in [1.165, 1.54) is 12.1 Å². The minimum atomic E-state index is -0.913. The van der Waals surface area contributed by atoms with Crippen molar-refractivity contribution in [3.8, 4) is 0 Å². The number of carboxylic acids is 1. The number of hydrogen-bond acceptors (Lipinski definition) is 2. The molecule has 0 saturated carbocycles. The monoisotopic (exact) mass is 332 g/mol. The third kappa shape index (κ3) is 5.69. The van der Waals surface area contributed by atoms with Gasteiger partial charge in [0.25, 0.3) is 0 Å². The van der Waals surface area contributed by atoms with E-state index < -0.39 is 17.8 Å². The zero-order chi connectivity index (χ0) is 14.4. The first kappa shape index (κ1) is 15.4. The van der Waals surface area contributed by atoms with Crippen LogP contribution in [0, 0.1) is 5.82 Å². The van der Waals surface area contributed by atoms with Gasteiger partial charge in [-0.15, -0.1) is 0 Å². The summed E-state index contributed by atoms with van der Waals surface area (Å²) in [5, 5.41) is 13.6. The Balaban J connectivity index is 2.46. The number of carbonyl (C=O) groups is 2. The number of carbonyl (C=O) groups excluding carboxylic acids is 1. The maximum Gasteiger partial charge on any atom is 0.319 e. The Morgan fingerprint density at radius 1 is 1.47 bits per heavy atom. The maximum absolute atomic E-state index is 13.2. The Hall–Kier alpha value is -1.63. The van der Waals surface area contributed by atoms with Gasteiger partial charge in [0.1, 0.15) is 5.82 Å². The number of halogens is 2. The van der Waals surface area contributed by atoms with Crippen molar-refractivity contribution in [2.75, 3.05) is 5.32 Å². The molecule has 0 aromatic heterocycles. The van der Waals surface area contributed by atoms with Crippen LogP contribution in [0.15, 0.2) is 22.7 Å². The first-order valence-electron chi connectivity index (χ1n) is 5.63. The van der Waals surface area contributed by atoms with Gasteiger partial charge in [-0.2, -0.15) is 0 Å². The van der Waals surface area contributed by atoms with E-state index in [9.17, 15) is 14.0 Å². The predicted octanol–water partition coefficient (Wildman–Crippen LogP) is 2.96. The van der Waals surface area contributed by atoms with Crippen LogP contribution in [0.3, 0.4) is 0 Å². The standard InChI is InChI=1S/C12H14BrFN2O3/c1-7(2-5-11(17)18)15-12(19)16-8-3-4-9(13)10(14)6-8/h3-4,6-7H,2,5H2,1H3,(H,17,18)(H2,15,16,19). The zero-order valence-corrected chi connectivity index (χ0v) is 11.8. The molecule has 0 aliphatic rings. The third-order valence-electron chi connectivity index (χ3n) is 2.35. The molecule has 0 saturated heterocycles. The Morgan fingerprint density at radius 3 is 2.74 bits per heavy atom. The Labute approximate surface area is 118 Å². The second kappa shape index (κ2) is 7.08. The van der Waals surface area contributed by atoms with Gasteiger partial charge in [0, 0.05) is 18.2 Å². The van der Waals surface area contributed by atoms with Crippen LogP contribution >= 0.6 is 15.9 Å². The molecular formula is C12H14BrFN2O3. The van der Waals surface area contributed by atoms with E-state index >= 15 is 0 Å². The Bertz CT molecular complexity index is 482. The fourth-order valence-electron chi connectivity index (χ4n) is 1.38. The third-order valence-corrected chi connectivity index (χ3v) is 2.99. The fourth-order valence-corrected chi connectivity index (χ4v) is 1.62. The fraction of sp³-hybridized carbons (Fsp3) is 0.333. The molecule has 0 aliphatic heterocycles. The molecular weight excluding hydrogens is 319 g/mol. The molecule has 0 spiro atoms. The second-order valence-corrected chi connectivity index (χ2v) is 4.92. The molecule has 0 bridgehead atoms. The molecule has 104 valence electrons. The number of amides is 2. The van der Waals surface area contributed by atoms with E-state index in [0.29, 0.717) is 16.6 Å². The molecule has 0 radical (unpaired) electrons. The molecule has 1 aromatic carbocycles. The van der Waals surface area contributed by atoms with Gasteiger partial charge >= 0.3 is 12.0 Å². The van der Waals surface area contributed by atoms with Crippen LogP contribution in [0.25, 0.3) is 0 Å². The van der Waals surface area contributed by atoms with Crippen molar-refractivity contribution in [3.05, 3.63) is 28.5 Å². The summed E-state index contributed by atoms with van der Waals surface area (Å²) in [5.41, 5.74) is 0.323. The molecule has 7 heteroatoms. The smallest absolute Gasteiger partial charge is 0.319 e. The Kier molecular flexibility index (Phi) is 5.75. The largest absolute Gasteiger partial charge is 0.481 e. The van der Waals surface area contributed by atoms with E-state index in [2.05, 4.69) is 26.6 Å². The molecule has 5 nitrogen and oxygen atoms in total. The van der Waals surface area contributed by atoms with E-state index in [1.807, 2.05) is 0 Å². The van der Waals surface area contributed by atoms with Gasteiger partial charge in [-0.3, -0.25) is 4.79 Å². The summed E-state index contributed by atoms with van der Waals surface area (Å²) < 4.78 is 13.5. The molecule has 0 heterocycles. The highest BCUT2D eigenvalue weighted by Crippen LogP contribution is 2.19. The van der Waals surface area contributed by atoms with Crippen LogP contribution in [-0.2, 0) is 4.79 Å². The lowest BCUT2D eigenvalue weighted by Crippen LogP contribution is -2.36. The lowest BCUT2D eigenvalue weighted by molar-refractivity contribution is -0.137. The predicted molar refractivity (Wildman–Crippen MR) is 72.6 cm³/mol. The number of anilines is 1. The van der Waals surface area contributed by atoms with E-state index in [1.54, 1.807) is 13.0 Å². The highest BCUT2D eigenvalue weighted by atomic mass is 79.9. The highest BCUT2D eigenvalue weighted by Gasteiger charge is 2.10. The first-order valence-corrected chi connectivity index (χ1v) is 6.42. The lowest BCUT2D eigenvalue weighted by Gasteiger charge is -2.13. The highest BCUT2D eigenvalue weighted by molar-refractivity contribution is 9.10. The Morgan fingerprint density at radius 2 is 2.16 bits per heavy atom. The summed E-state index contributed by atoms with van der Waals surface area (Å²) in [6.07, 6.45) is 0.311. The zero-order valence-electron chi connectivity index (χ0n) is 10.2. The van der Waals surface area contributed by atoms with Crippen molar-refractivity contribution in [2.45, 2.75) is 25.8 Å². The van der Waals surface area contributed by atoms with Gasteiger partial charge in [-0.05, 0) is 47.5 Å². The van der Waals surface area contributed by atoms with Crippen molar-refractivity contribution in [1.29, 1.82) is 0 Å². The minimum absolute atomic E-state index is 0.0195. The number of aliphatic carboxylic acids is 1. The SMILES string of the molecule is CC(CCC(=O)O)NC(=O)Nc1ccc(Br)c(F)c1. The van der Waals surface area contributed by atoms with E-state index in [0.717, 1.165) is 0 Å². The van der Waals surface area contributed by atoms with Gasteiger partial charge < -0.3 is 15.7 Å². The van der Waals surface area contributed by atoms with Crippen LogP contribution in [0.1, 0.15) is 19.8 Å². The topological polar surface area (TPSA) is 78.4 Å². The minimum Gasteiger partial charge on any atom is -0.481 e. The van der Waals surface area contributed by atoms with Crippen LogP contribution in [0.2, 0.25) is 0 Å². The number of urea groups is 1. The summed E-state index contributed by atoms with van der Waals surface area (Å²) in [6.45, 7) is 1.70. The number of nitrogens with one attached hydrogen (secondary N) is 2. The van der Waals surface area contributed by atoms with Crippen molar-refractivity contribution in [2.24, 2.45) is 0 Å². The molecule has 19 heavy (non-hydrogen) atoms. The van der Waals surface area contributed by atoms with E-state index in [-0.39, 0.29) is 12.5 Å². The summed E-state index contributed by atoms with van der Waals surface area (Å²) in [5.74, 6) is -1.39. The molecule has 1 unspecified atom stereocenters. The van der Waals surface area contributed by atoms with Crippen LogP contribution in [-0.4, -0.2) is 23.1 Å². The number of rotatable bonds is 5. The van der Waals surface area contributed by atoms with Crippen molar-refractivity contribution >= 4 is 33.6 Å². The lowest BCUT2D eigenvalue weighted by atomic mass is 10.2. The quantitative estimate of drug-likeness (QED) is 0.775. The molecule has 1 aromatic rings. The van der Waals surface area contributed by atoms with Crippen LogP contribution in [0.4, 0.5) is 14.9 Å². The van der Waals surface area contributed by atoms with Crippen LogP contribution < -0.4 is 10.6 Å². The van der Waals surface area contributed by atoms with Gasteiger partial charge in [-0.25, -0.2) is 9.18 Å². The molecule has 1 rings (SSSR count). The van der Waals surface area contributed by atoms with Gasteiger partial charge in [0.15, 0.2) is 0 Å². The molecule has 3 N–H and O–H groups in total. The van der Waals surface area contributed by atoms with Crippen molar-refractivity contribution in [1.82, 2.24) is 5.32 Å². The molecule has 0 fully saturated rings. The maximum atomic E-state index is 13.2. The summed E-state index contributed by atoms with van der Waals surface area (Å²) in [7, 11) is 0. The van der Waals surface area contributed by atoms with Gasteiger partial charge in [-0.1, -0.05) is 0 Å².